The van der Waals surface area contributed by atoms with E-state index in [0.717, 1.165) is 4.09 Å². The third-order valence-corrected chi connectivity index (χ3v) is 4.79. The Morgan fingerprint density at radius 3 is 2.84 bits per heavy atom. The Balaban J connectivity index is 2.43. The van der Waals surface area contributed by atoms with Gasteiger partial charge in [0.15, 0.2) is 0 Å². The van der Waals surface area contributed by atoms with Crippen molar-refractivity contribution in [2.24, 2.45) is 0 Å². The Bertz CT molecular complexity index is 1010. The summed E-state index contributed by atoms with van der Waals surface area (Å²) in [6.45, 7) is 0. The molecule has 0 N–H and O–H groups in total. The fourth-order valence-electron chi connectivity index (χ4n) is 2.42. The third kappa shape index (κ3) is 1.02. The molecule has 0 spiro atoms. The molecule has 0 fully saturated rings. The molecule has 2 heterocycles. The number of rotatable bonds is 1. The summed E-state index contributed by atoms with van der Waals surface area (Å²) >= 11 is 0. The summed E-state index contributed by atoms with van der Waals surface area (Å²) in [6.07, 6.45) is 0. The molecule has 1 aliphatic rings. The van der Waals surface area contributed by atoms with Crippen LogP contribution in [-0.2, 0) is 10.0 Å². The highest BCUT2D eigenvalue weighted by molar-refractivity contribution is 7.90. The van der Waals surface area contributed by atoms with Gasteiger partial charge in [0, 0.05) is 11.5 Å². The van der Waals surface area contributed by atoms with Gasteiger partial charge in [-0.05, 0) is 12.1 Å². The third-order valence-electron chi connectivity index (χ3n) is 3.18. The van der Waals surface area contributed by atoms with Gasteiger partial charge in [0.1, 0.15) is 11.0 Å². The first-order chi connectivity index (χ1) is 9.01. The number of nitrogens with zero attached hydrogens (tertiary/aromatic N) is 4. The number of non-ortho nitro benzene ring substituents is 1. The van der Waals surface area contributed by atoms with Crippen LogP contribution < -0.4 is 0 Å². The number of hydrogen-bond acceptors (Lipinski definition) is 6. The van der Waals surface area contributed by atoms with Crippen molar-refractivity contribution >= 4 is 37.5 Å². The Hall–Kier alpha value is -2.55. The van der Waals surface area contributed by atoms with Crippen LogP contribution in [0.4, 0.5) is 5.69 Å². The van der Waals surface area contributed by atoms with Crippen LogP contribution in [0.3, 0.4) is 0 Å². The first-order valence-corrected chi connectivity index (χ1v) is 6.67. The summed E-state index contributed by atoms with van der Waals surface area (Å²) in [6, 6.07) is 5.66. The summed E-state index contributed by atoms with van der Waals surface area (Å²) < 4.78 is 25.2. The zero-order valence-electron chi connectivity index (χ0n) is 9.14. The van der Waals surface area contributed by atoms with Gasteiger partial charge in [0.2, 0.25) is 0 Å². The summed E-state index contributed by atoms with van der Waals surface area (Å²) in [5.41, 5.74) is 0.331. The van der Waals surface area contributed by atoms with Crippen molar-refractivity contribution in [3.05, 3.63) is 34.4 Å². The van der Waals surface area contributed by atoms with Crippen molar-refractivity contribution in [2.75, 3.05) is 0 Å². The lowest BCUT2D eigenvalue weighted by Gasteiger charge is -2.00. The second-order valence-corrected chi connectivity index (χ2v) is 5.87. The Morgan fingerprint density at radius 2 is 2.11 bits per heavy atom. The Morgan fingerprint density at radius 1 is 1.32 bits per heavy atom. The van der Waals surface area contributed by atoms with Gasteiger partial charge in [-0.25, -0.2) is 0 Å². The van der Waals surface area contributed by atoms with Crippen LogP contribution in [0.1, 0.15) is 0 Å². The molecule has 4 rings (SSSR count). The molecule has 0 atom stereocenters. The molecule has 3 aromatic rings. The van der Waals surface area contributed by atoms with E-state index < -0.39 is 14.9 Å². The lowest BCUT2D eigenvalue weighted by Crippen LogP contribution is -2.09. The maximum absolute atomic E-state index is 12.2. The molecule has 0 saturated heterocycles. The molecule has 8 nitrogen and oxygen atoms in total. The highest BCUT2D eigenvalue weighted by atomic mass is 32.2. The number of nitro groups is 1. The van der Waals surface area contributed by atoms with Crippen molar-refractivity contribution in [1.29, 1.82) is 0 Å². The van der Waals surface area contributed by atoms with Gasteiger partial charge in [0.25, 0.3) is 15.7 Å². The molecule has 94 valence electrons. The highest BCUT2D eigenvalue weighted by Gasteiger charge is 2.35. The van der Waals surface area contributed by atoms with Crippen molar-refractivity contribution < 1.29 is 13.3 Å². The van der Waals surface area contributed by atoms with Crippen LogP contribution in [-0.4, -0.2) is 27.7 Å². The molecule has 1 aromatic heterocycles. The Labute approximate surface area is 105 Å². The van der Waals surface area contributed by atoms with E-state index >= 15 is 0 Å². The van der Waals surface area contributed by atoms with Crippen LogP contribution in [0.2, 0.25) is 0 Å². The molecule has 1 aliphatic heterocycles. The normalized spacial score (nSPS) is 15.6. The predicted octanol–water partition coefficient (Wildman–Crippen LogP) is 1.04. The molecule has 0 aliphatic carbocycles. The average molecular weight is 276 g/mol. The van der Waals surface area contributed by atoms with Crippen molar-refractivity contribution in [2.45, 2.75) is 4.90 Å². The topological polar surface area (TPSA) is 108 Å². The van der Waals surface area contributed by atoms with Crippen molar-refractivity contribution in [1.82, 2.24) is 14.4 Å². The van der Waals surface area contributed by atoms with Crippen LogP contribution in [0.5, 0.6) is 0 Å². The standard InChI is InChI=1S/C10H4N4O4S/c15-14(16)7-4-6-10-9-5(7)2-1-3-8(9)19(17,18)13(10)12-11-6/h1-4H. The Kier molecular flexibility index (Phi) is 1.58. The summed E-state index contributed by atoms with van der Waals surface area (Å²) in [5.74, 6) is 0. The van der Waals surface area contributed by atoms with Gasteiger partial charge in [0.05, 0.1) is 15.2 Å². The quantitative estimate of drug-likeness (QED) is 0.379. The number of nitro benzene ring substituents is 1. The van der Waals surface area contributed by atoms with Crippen LogP contribution >= 0.6 is 0 Å². The average Bonchev–Trinajstić information content (AvgIpc) is 2.88. The van der Waals surface area contributed by atoms with Gasteiger partial charge in [-0.2, -0.15) is 8.42 Å². The summed E-state index contributed by atoms with van der Waals surface area (Å²) in [5, 5.41) is 18.9. The van der Waals surface area contributed by atoms with E-state index in [1.807, 2.05) is 0 Å². The van der Waals surface area contributed by atoms with E-state index in [-0.39, 0.29) is 21.5 Å². The molecule has 0 amide bonds. The molecule has 0 saturated carbocycles. The number of hydrogen-bond donors (Lipinski definition) is 0. The molecular formula is C10H4N4O4S. The van der Waals surface area contributed by atoms with Gasteiger partial charge < -0.3 is 0 Å². The first kappa shape index (κ1) is 10.4. The number of benzene rings is 2. The van der Waals surface area contributed by atoms with E-state index in [2.05, 4.69) is 10.3 Å². The summed E-state index contributed by atoms with van der Waals surface area (Å²) in [4.78, 5) is 10.5. The van der Waals surface area contributed by atoms with Crippen LogP contribution in [0.15, 0.2) is 29.2 Å². The van der Waals surface area contributed by atoms with Gasteiger partial charge >= 0.3 is 0 Å². The number of aromatic nitrogens is 3. The molecule has 0 bridgehead atoms. The molecule has 19 heavy (non-hydrogen) atoms. The van der Waals surface area contributed by atoms with E-state index in [4.69, 9.17) is 0 Å². The molecule has 0 radical (unpaired) electrons. The second-order valence-electron chi connectivity index (χ2n) is 4.14. The zero-order valence-corrected chi connectivity index (χ0v) is 9.96. The summed E-state index contributed by atoms with van der Waals surface area (Å²) in [7, 11) is -3.79. The zero-order chi connectivity index (χ0) is 13.4. The molecule has 9 heteroatoms. The van der Waals surface area contributed by atoms with Crippen LogP contribution in [0, 0.1) is 10.1 Å². The van der Waals surface area contributed by atoms with E-state index in [0.29, 0.717) is 10.9 Å². The van der Waals surface area contributed by atoms with Gasteiger partial charge in [-0.3, -0.25) is 10.1 Å². The second kappa shape index (κ2) is 2.88. The molecular weight excluding hydrogens is 272 g/mol. The largest absolute Gasteiger partial charge is 0.285 e. The lowest BCUT2D eigenvalue weighted by molar-refractivity contribution is -0.382. The lowest BCUT2D eigenvalue weighted by atomic mass is 10.1. The molecule has 0 unspecified atom stereocenters. The smallest absolute Gasteiger partial charge is 0.258 e. The van der Waals surface area contributed by atoms with Gasteiger partial charge in [-0.15, -0.1) is 9.19 Å². The minimum absolute atomic E-state index is 0.0311. The van der Waals surface area contributed by atoms with Crippen molar-refractivity contribution in [3.63, 3.8) is 0 Å². The maximum Gasteiger partial charge on any atom is 0.285 e. The minimum Gasteiger partial charge on any atom is -0.258 e. The van der Waals surface area contributed by atoms with E-state index in [9.17, 15) is 18.5 Å². The fraction of sp³-hybridized carbons (Fsp3) is 0. The predicted molar refractivity (Wildman–Crippen MR) is 64.3 cm³/mol. The molecule has 2 aromatic carbocycles. The van der Waals surface area contributed by atoms with Gasteiger partial charge in [-0.1, -0.05) is 11.3 Å². The SMILES string of the molecule is O=[N+]([O-])c1cc2nnn3c2c2c(cccc12)S3(=O)=O. The van der Waals surface area contributed by atoms with Crippen molar-refractivity contribution in [3.8, 4) is 0 Å². The van der Waals surface area contributed by atoms with Crippen LogP contribution in [0.25, 0.3) is 21.8 Å². The van der Waals surface area contributed by atoms with E-state index in [1.165, 1.54) is 24.3 Å². The highest BCUT2D eigenvalue weighted by Crippen LogP contribution is 2.41. The minimum atomic E-state index is -3.79. The first-order valence-electron chi connectivity index (χ1n) is 5.23. The maximum atomic E-state index is 12.2. The monoisotopic (exact) mass is 276 g/mol. The fourth-order valence-corrected chi connectivity index (χ4v) is 3.88. The van der Waals surface area contributed by atoms with E-state index in [1.54, 1.807) is 0 Å².